The largest absolute Gasteiger partial charge is 0.380 e. The molecule has 1 saturated carbocycles. The van der Waals surface area contributed by atoms with Gasteiger partial charge in [-0.05, 0) is 18.8 Å². The van der Waals surface area contributed by atoms with Crippen molar-refractivity contribution in [1.29, 1.82) is 0 Å². The third-order valence-electron chi connectivity index (χ3n) is 3.81. The predicted molar refractivity (Wildman–Crippen MR) is 82.8 cm³/mol. The molecule has 0 aliphatic heterocycles. The Morgan fingerprint density at radius 1 is 1.35 bits per heavy atom. The summed E-state index contributed by atoms with van der Waals surface area (Å²) in [6.07, 6.45) is 3.48. The zero-order valence-electron chi connectivity index (χ0n) is 11.7. The van der Waals surface area contributed by atoms with Crippen molar-refractivity contribution in [2.24, 2.45) is 11.7 Å². The van der Waals surface area contributed by atoms with Gasteiger partial charge in [0.15, 0.2) is 0 Å². The summed E-state index contributed by atoms with van der Waals surface area (Å²) in [6, 6.07) is 10.3. The number of thiazole rings is 1. The van der Waals surface area contributed by atoms with Crippen LogP contribution < -0.4 is 5.73 Å². The van der Waals surface area contributed by atoms with Crippen LogP contribution >= 0.6 is 11.3 Å². The van der Waals surface area contributed by atoms with Crippen molar-refractivity contribution >= 4 is 11.3 Å². The first kappa shape index (κ1) is 13.7. The summed E-state index contributed by atoms with van der Waals surface area (Å²) in [6.45, 7) is 0. The smallest absolute Gasteiger partial charge is 0.0949 e. The second-order valence-corrected chi connectivity index (χ2v) is 6.34. The molecular weight excluding hydrogens is 268 g/mol. The van der Waals surface area contributed by atoms with E-state index in [9.17, 15) is 0 Å². The maximum Gasteiger partial charge on any atom is 0.0949 e. The van der Waals surface area contributed by atoms with Gasteiger partial charge in [-0.15, -0.1) is 11.3 Å². The van der Waals surface area contributed by atoms with E-state index in [4.69, 9.17) is 15.5 Å². The highest BCUT2D eigenvalue weighted by molar-refractivity contribution is 7.09. The molecule has 1 fully saturated rings. The van der Waals surface area contributed by atoms with Gasteiger partial charge in [0.1, 0.15) is 0 Å². The Hall–Kier alpha value is -1.23. The predicted octanol–water partition coefficient (Wildman–Crippen LogP) is 3.10. The van der Waals surface area contributed by atoms with E-state index in [1.54, 1.807) is 18.4 Å². The second kappa shape index (κ2) is 6.04. The third kappa shape index (κ3) is 3.08. The topological polar surface area (TPSA) is 48.1 Å². The van der Waals surface area contributed by atoms with Crippen molar-refractivity contribution in [2.75, 3.05) is 7.11 Å². The van der Waals surface area contributed by atoms with Gasteiger partial charge >= 0.3 is 0 Å². The van der Waals surface area contributed by atoms with Crippen LogP contribution in [0, 0.1) is 5.92 Å². The van der Waals surface area contributed by atoms with Crippen molar-refractivity contribution in [2.45, 2.75) is 31.4 Å². The van der Waals surface area contributed by atoms with E-state index in [1.165, 1.54) is 12.8 Å². The van der Waals surface area contributed by atoms with Crippen LogP contribution in [0.5, 0.6) is 0 Å². The molecule has 1 aliphatic carbocycles. The SMILES string of the molecule is COC(C(N)Cc1nc(-c2ccccc2)cs1)C1CC1. The fourth-order valence-corrected chi connectivity index (χ4v) is 3.48. The summed E-state index contributed by atoms with van der Waals surface area (Å²) in [5.41, 5.74) is 8.49. The van der Waals surface area contributed by atoms with Gasteiger partial charge in [0, 0.05) is 30.5 Å². The Labute approximate surface area is 123 Å². The van der Waals surface area contributed by atoms with E-state index in [2.05, 4.69) is 17.5 Å². The van der Waals surface area contributed by atoms with Gasteiger partial charge in [-0.3, -0.25) is 0 Å². The lowest BCUT2D eigenvalue weighted by Gasteiger charge is -2.21. The highest BCUT2D eigenvalue weighted by Crippen LogP contribution is 2.36. The summed E-state index contributed by atoms with van der Waals surface area (Å²) in [7, 11) is 1.76. The van der Waals surface area contributed by atoms with Crippen LogP contribution in [0.25, 0.3) is 11.3 Å². The van der Waals surface area contributed by atoms with E-state index >= 15 is 0 Å². The zero-order chi connectivity index (χ0) is 13.9. The molecular formula is C16H20N2OS. The number of aromatic nitrogens is 1. The summed E-state index contributed by atoms with van der Waals surface area (Å²) in [5.74, 6) is 0.656. The van der Waals surface area contributed by atoms with Crippen LogP contribution in [0.3, 0.4) is 0 Å². The highest BCUT2D eigenvalue weighted by Gasteiger charge is 2.35. The standard InChI is InChI=1S/C16H20N2OS/c1-19-16(12-7-8-12)13(17)9-15-18-14(10-20-15)11-5-3-2-4-6-11/h2-6,10,12-13,16H,7-9,17H2,1H3. The Kier molecular flexibility index (Phi) is 4.15. The van der Waals surface area contributed by atoms with Gasteiger partial charge in [0.2, 0.25) is 0 Å². The molecule has 1 aliphatic rings. The Bertz CT molecular complexity index is 551. The number of hydrogen-bond acceptors (Lipinski definition) is 4. The molecule has 0 bridgehead atoms. The van der Waals surface area contributed by atoms with Gasteiger partial charge in [0.25, 0.3) is 0 Å². The lowest BCUT2D eigenvalue weighted by Crippen LogP contribution is -2.39. The van der Waals surface area contributed by atoms with Gasteiger partial charge in [-0.1, -0.05) is 30.3 Å². The second-order valence-electron chi connectivity index (χ2n) is 5.40. The molecule has 2 aromatic rings. The van der Waals surface area contributed by atoms with Crippen LogP contribution in [0.4, 0.5) is 0 Å². The highest BCUT2D eigenvalue weighted by atomic mass is 32.1. The average Bonchev–Trinajstić information content (AvgIpc) is 3.19. The lowest BCUT2D eigenvalue weighted by molar-refractivity contribution is 0.0626. The molecule has 2 N–H and O–H groups in total. The normalized spacial score (nSPS) is 17.9. The molecule has 0 spiro atoms. The molecule has 0 amide bonds. The summed E-state index contributed by atoms with van der Waals surface area (Å²) in [5, 5.41) is 3.20. The third-order valence-corrected chi connectivity index (χ3v) is 4.68. The van der Waals surface area contributed by atoms with Crippen LogP contribution in [0.1, 0.15) is 17.8 Å². The minimum atomic E-state index is 0.0438. The van der Waals surface area contributed by atoms with Crippen LogP contribution in [0.15, 0.2) is 35.7 Å². The molecule has 0 radical (unpaired) electrons. The summed E-state index contributed by atoms with van der Waals surface area (Å²) in [4.78, 5) is 4.70. The van der Waals surface area contributed by atoms with Crippen LogP contribution in [-0.2, 0) is 11.2 Å². The molecule has 20 heavy (non-hydrogen) atoms. The molecule has 3 rings (SSSR count). The van der Waals surface area contributed by atoms with Crippen LogP contribution in [-0.4, -0.2) is 24.2 Å². The molecule has 1 aromatic heterocycles. The minimum absolute atomic E-state index is 0.0438. The van der Waals surface area contributed by atoms with Gasteiger partial charge < -0.3 is 10.5 Å². The van der Waals surface area contributed by atoms with E-state index in [1.807, 2.05) is 18.2 Å². The van der Waals surface area contributed by atoms with E-state index in [0.29, 0.717) is 5.92 Å². The van der Waals surface area contributed by atoms with Crippen molar-refractivity contribution in [1.82, 2.24) is 4.98 Å². The number of rotatable bonds is 6. The molecule has 1 heterocycles. The van der Waals surface area contributed by atoms with E-state index in [0.717, 1.165) is 22.7 Å². The van der Waals surface area contributed by atoms with E-state index < -0.39 is 0 Å². The molecule has 1 aromatic carbocycles. The number of nitrogens with two attached hydrogens (primary N) is 1. The Morgan fingerprint density at radius 3 is 2.75 bits per heavy atom. The molecule has 3 nitrogen and oxygen atoms in total. The number of ether oxygens (including phenoxy) is 1. The van der Waals surface area contributed by atoms with Crippen molar-refractivity contribution in [3.63, 3.8) is 0 Å². The average molecular weight is 288 g/mol. The minimum Gasteiger partial charge on any atom is -0.380 e. The molecule has 106 valence electrons. The van der Waals surface area contributed by atoms with Crippen LogP contribution in [0.2, 0.25) is 0 Å². The van der Waals surface area contributed by atoms with Gasteiger partial charge in [0.05, 0.1) is 16.8 Å². The Balaban J connectivity index is 1.68. The molecule has 2 unspecified atom stereocenters. The molecule has 4 heteroatoms. The summed E-state index contributed by atoms with van der Waals surface area (Å²) >= 11 is 1.69. The number of benzene rings is 1. The first-order chi connectivity index (χ1) is 9.78. The summed E-state index contributed by atoms with van der Waals surface area (Å²) < 4.78 is 5.55. The first-order valence-electron chi connectivity index (χ1n) is 7.06. The van der Waals surface area contributed by atoms with Gasteiger partial charge in [-0.2, -0.15) is 0 Å². The Morgan fingerprint density at radius 2 is 2.10 bits per heavy atom. The quantitative estimate of drug-likeness (QED) is 0.888. The lowest BCUT2D eigenvalue weighted by atomic mass is 10.0. The molecule has 2 atom stereocenters. The van der Waals surface area contributed by atoms with Crippen molar-refractivity contribution in [3.05, 3.63) is 40.7 Å². The first-order valence-corrected chi connectivity index (χ1v) is 7.94. The van der Waals surface area contributed by atoms with Gasteiger partial charge in [-0.25, -0.2) is 4.98 Å². The fourth-order valence-electron chi connectivity index (χ4n) is 2.61. The monoisotopic (exact) mass is 288 g/mol. The number of hydrogen-bond donors (Lipinski definition) is 1. The zero-order valence-corrected chi connectivity index (χ0v) is 12.5. The number of methoxy groups -OCH3 is 1. The van der Waals surface area contributed by atoms with E-state index in [-0.39, 0.29) is 12.1 Å². The van der Waals surface area contributed by atoms with Crippen molar-refractivity contribution < 1.29 is 4.74 Å². The number of nitrogens with zero attached hydrogens (tertiary/aromatic N) is 1. The maximum atomic E-state index is 6.29. The maximum absolute atomic E-state index is 6.29. The van der Waals surface area contributed by atoms with Crippen molar-refractivity contribution in [3.8, 4) is 11.3 Å². The fraction of sp³-hybridized carbons (Fsp3) is 0.438. The molecule has 0 saturated heterocycles.